The first-order chi connectivity index (χ1) is 19.8. The third kappa shape index (κ3) is 7.54. The zero-order chi connectivity index (χ0) is 29.2. The summed E-state index contributed by atoms with van der Waals surface area (Å²) in [6.45, 7) is 1.68. The second-order valence-electron chi connectivity index (χ2n) is 9.37. The molecule has 0 bridgehead atoms. The topological polar surface area (TPSA) is 86.8 Å². The van der Waals surface area contributed by atoms with Crippen molar-refractivity contribution in [1.29, 1.82) is 0 Å². The Kier molecular flexibility index (Phi) is 10.2. The molecule has 0 fully saturated rings. The minimum Gasteiger partial charge on any atom is -0.355 e. The van der Waals surface area contributed by atoms with E-state index in [1.807, 2.05) is 30.3 Å². The lowest BCUT2D eigenvalue weighted by Gasteiger charge is -2.34. The quantitative estimate of drug-likeness (QED) is 0.243. The van der Waals surface area contributed by atoms with Crippen molar-refractivity contribution in [1.82, 2.24) is 10.2 Å². The number of para-hydroxylation sites is 1. The van der Waals surface area contributed by atoms with Crippen molar-refractivity contribution < 1.29 is 18.0 Å². The predicted octanol–water partition coefficient (Wildman–Crippen LogP) is 5.31. The lowest BCUT2D eigenvalue weighted by Crippen LogP contribution is -2.53. The van der Waals surface area contributed by atoms with Crippen molar-refractivity contribution in [3.63, 3.8) is 0 Å². The molecule has 1 atom stereocenters. The normalized spacial score (nSPS) is 11.9. The molecule has 4 rings (SSSR count). The highest BCUT2D eigenvalue weighted by Crippen LogP contribution is 2.25. The number of hydrogen-bond acceptors (Lipinski definition) is 4. The van der Waals surface area contributed by atoms with E-state index in [1.165, 1.54) is 17.0 Å². The molecule has 0 aromatic heterocycles. The Bertz CT molecular complexity index is 1550. The third-order valence-electron chi connectivity index (χ3n) is 6.57. The van der Waals surface area contributed by atoms with Crippen molar-refractivity contribution >= 4 is 39.1 Å². The SMILES string of the molecule is CCNC(=O)[C@@H](Cc1ccccc1)N(Cc1ccccc1Cl)C(=O)CN(c1ccccc1)S(=O)(=O)c1ccccc1. The average molecular weight is 590 g/mol. The predicted molar refractivity (Wildman–Crippen MR) is 162 cm³/mol. The number of rotatable bonds is 12. The first-order valence-electron chi connectivity index (χ1n) is 13.3. The highest BCUT2D eigenvalue weighted by molar-refractivity contribution is 7.92. The molecule has 0 heterocycles. The molecular formula is C32H32ClN3O4S. The number of carbonyl (C=O) groups excluding carboxylic acids is 2. The van der Waals surface area contributed by atoms with Gasteiger partial charge in [0.05, 0.1) is 10.6 Å². The molecule has 0 radical (unpaired) electrons. The van der Waals surface area contributed by atoms with Crippen LogP contribution in [0.5, 0.6) is 0 Å². The summed E-state index contributed by atoms with van der Waals surface area (Å²) in [6, 6.07) is 32.0. The van der Waals surface area contributed by atoms with Gasteiger partial charge in [-0.25, -0.2) is 8.42 Å². The highest BCUT2D eigenvalue weighted by Gasteiger charge is 2.34. The van der Waals surface area contributed by atoms with Gasteiger partial charge in [-0.2, -0.15) is 0 Å². The van der Waals surface area contributed by atoms with Gasteiger partial charge in [-0.1, -0.05) is 96.5 Å². The first-order valence-corrected chi connectivity index (χ1v) is 15.1. The Hall–Kier alpha value is -4.14. The number of hydrogen-bond donors (Lipinski definition) is 1. The lowest BCUT2D eigenvalue weighted by atomic mass is 10.0. The molecule has 0 aliphatic heterocycles. The van der Waals surface area contributed by atoms with E-state index in [2.05, 4.69) is 5.32 Å². The number of nitrogens with one attached hydrogen (secondary N) is 1. The zero-order valence-corrected chi connectivity index (χ0v) is 24.3. The average Bonchev–Trinajstić information content (AvgIpc) is 3.00. The van der Waals surface area contributed by atoms with E-state index >= 15 is 0 Å². The summed E-state index contributed by atoms with van der Waals surface area (Å²) in [6.07, 6.45) is 0.236. The summed E-state index contributed by atoms with van der Waals surface area (Å²) in [4.78, 5) is 29.2. The van der Waals surface area contributed by atoms with E-state index in [4.69, 9.17) is 11.6 Å². The Labute approximate surface area is 246 Å². The second kappa shape index (κ2) is 14.0. The van der Waals surface area contributed by atoms with Crippen LogP contribution < -0.4 is 9.62 Å². The van der Waals surface area contributed by atoms with Crippen molar-refractivity contribution in [2.45, 2.75) is 30.8 Å². The number of nitrogens with zero attached hydrogens (tertiary/aromatic N) is 2. The molecule has 0 saturated carbocycles. The molecule has 0 aliphatic carbocycles. The highest BCUT2D eigenvalue weighted by atomic mass is 35.5. The number of carbonyl (C=O) groups is 2. The fraction of sp³-hybridized carbons (Fsp3) is 0.188. The first kappa shape index (κ1) is 29.8. The van der Waals surface area contributed by atoms with Gasteiger partial charge in [-0.3, -0.25) is 13.9 Å². The smallest absolute Gasteiger partial charge is 0.264 e. The number of likely N-dealkylation sites (N-methyl/N-ethyl adjacent to an activating group) is 1. The van der Waals surface area contributed by atoms with Crippen molar-refractivity contribution in [2.24, 2.45) is 0 Å². The molecule has 1 N–H and O–H groups in total. The molecule has 4 aromatic carbocycles. The number of amides is 2. The van der Waals surface area contributed by atoms with E-state index in [-0.39, 0.29) is 23.8 Å². The van der Waals surface area contributed by atoms with E-state index in [0.717, 1.165) is 9.87 Å². The summed E-state index contributed by atoms with van der Waals surface area (Å²) >= 11 is 6.49. The van der Waals surface area contributed by atoms with Gasteiger partial charge in [0.15, 0.2) is 0 Å². The Balaban J connectivity index is 1.78. The van der Waals surface area contributed by atoms with Crippen molar-refractivity contribution in [3.05, 3.63) is 131 Å². The van der Waals surface area contributed by atoms with Crippen LogP contribution in [0.4, 0.5) is 5.69 Å². The minimum absolute atomic E-state index is 0.0150. The van der Waals surface area contributed by atoms with E-state index < -0.39 is 28.5 Å². The fourth-order valence-electron chi connectivity index (χ4n) is 4.50. The van der Waals surface area contributed by atoms with Crippen molar-refractivity contribution in [2.75, 3.05) is 17.4 Å². The second-order valence-corrected chi connectivity index (χ2v) is 11.6. The van der Waals surface area contributed by atoms with Crippen LogP contribution in [-0.2, 0) is 32.6 Å². The third-order valence-corrected chi connectivity index (χ3v) is 8.73. The molecule has 0 saturated heterocycles. The van der Waals surface area contributed by atoms with Crippen LogP contribution in [-0.4, -0.2) is 44.3 Å². The summed E-state index contributed by atoms with van der Waals surface area (Å²) in [5.74, 6) is -0.880. The number of anilines is 1. The van der Waals surface area contributed by atoms with Crippen molar-refractivity contribution in [3.8, 4) is 0 Å². The van der Waals surface area contributed by atoms with Crippen LogP contribution in [0.3, 0.4) is 0 Å². The molecule has 212 valence electrons. The largest absolute Gasteiger partial charge is 0.355 e. The maximum atomic E-state index is 14.3. The van der Waals surface area contributed by atoms with Crippen LogP contribution in [0.15, 0.2) is 120 Å². The molecule has 7 nitrogen and oxygen atoms in total. The maximum Gasteiger partial charge on any atom is 0.264 e. The number of sulfonamides is 1. The van der Waals surface area contributed by atoms with Gasteiger partial charge in [0, 0.05) is 24.5 Å². The molecule has 41 heavy (non-hydrogen) atoms. The number of halogens is 1. The standard InChI is InChI=1S/C32H32ClN3O4S/c1-2-34-32(38)30(22-25-14-6-3-7-15-25)35(23-26-16-12-13-21-29(26)33)31(37)24-36(27-17-8-4-9-18-27)41(39,40)28-19-10-5-11-20-28/h3-21,30H,2,22-24H2,1H3,(H,34,38)/t30-/m1/s1. The summed E-state index contributed by atoms with van der Waals surface area (Å²) < 4.78 is 28.8. The molecule has 4 aromatic rings. The van der Waals surface area contributed by atoms with E-state index in [1.54, 1.807) is 79.7 Å². The van der Waals surface area contributed by atoms with Gasteiger partial charge in [-0.05, 0) is 48.4 Å². The molecule has 9 heteroatoms. The van der Waals surface area contributed by atoms with Gasteiger partial charge in [0.2, 0.25) is 11.8 Å². The van der Waals surface area contributed by atoms with Crippen LogP contribution in [0, 0.1) is 0 Å². The van der Waals surface area contributed by atoms with Gasteiger partial charge in [-0.15, -0.1) is 0 Å². The van der Waals surface area contributed by atoms with Gasteiger partial charge >= 0.3 is 0 Å². The molecule has 0 unspecified atom stereocenters. The van der Waals surface area contributed by atoms with Crippen LogP contribution >= 0.6 is 11.6 Å². The fourth-order valence-corrected chi connectivity index (χ4v) is 6.13. The van der Waals surface area contributed by atoms with E-state index in [9.17, 15) is 18.0 Å². The Morgan fingerprint density at radius 1 is 0.805 bits per heavy atom. The maximum absolute atomic E-state index is 14.3. The van der Waals surface area contributed by atoms with Crippen LogP contribution in [0.2, 0.25) is 5.02 Å². The van der Waals surface area contributed by atoms with Crippen LogP contribution in [0.1, 0.15) is 18.1 Å². The summed E-state index contributed by atoms with van der Waals surface area (Å²) in [7, 11) is -4.12. The lowest BCUT2D eigenvalue weighted by molar-refractivity contribution is -0.140. The molecule has 0 aliphatic rings. The zero-order valence-electron chi connectivity index (χ0n) is 22.7. The van der Waals surface area contributed by atoms with Gasteiger partial charge < -0.3 is 10.2 Å². The van der Waals surface area contributed by atoms with Crippen LogP contribution in [0.25, 0.3) is 0 Å². The van der Waals surface area contributed by atoms with E-state index in [0.29, 0.717) is 22.8 Å². The summed E-state index contributed by atoms with van der Waals surface area (Å²) in [5.41, 5.74) is 1.83. The molecule has 0 spiro atoms. The molecule has 2 amide bonds. The minimum atomic E-state index is -4.12. The number of benzene rings is 4. The van der Waals surface area contributed by atoms with Gasteiger partial charge in [0.25, 0.3) is 10.0 Å². The monoisotopic (exact) mass is 589 g/mol. The molecular weight excluding hydrogens is 558 g/mol. The Morgan fingerprint density at radius 2 is 1.37 bits per heavy atom. The Morgan fingerprint density at radius 3 is 1.98 bits per heavy atom. The van der Waals surface area contributed by atoms with Gasteiger partial charge in [0.1, 0.15) is 12.6 Å². The summed E-state index contributed by atoms with van der Waals surface area (Å²) in [5, 5.41) is 3.29.